The van der Waals surface area contributed by atoms with Crippen LogP contribution in [0.3, 0.4) is 0 Å². The maximum absolute atomic E-state index is 12.0. The van der Waals surface area contributed by atoms with E-state index in [9.17, 15) is 9.59 Å². The molecule has 1 fully saturated rings. The van der Waals surface area contributed by atoms with Gasteiger partial charge in [-0.2, -0.15) is 0 Å². The van der Waals surface area contributed by atoms with Crippen LogP contribution in [0.5, 0.6) is 0 Å². The molecule has 0 radical (unpaired) electrons. The molecule has 6 heteroatoms. The van der Waals surface area contributed by atoms with Gasteiger partial charge < -0.3 is 14.6 Å². The molecule has 0 aromatic heterocycles. The smallest absolute Gasteiger partial charge is 0.412 e. The van der Waals surface area contributed by atoms with Crippen LogP contribution in [-0.2, 0) is 20.9 Å². The fourth-order valence-corrected chi connectivity index (χ4v) is 2.04. The highest BCUT2D eigenvalue weighted by Gasteiger charge is 2.30. The van der Waals surface area contributed by atoms with Crippen molar-refractivity contribution in [2.75, 3.05) is 13.2 Å². The highest BCUT2D eigenvalue weighted by molar-refractivity contribution is 5.76. The van der Waals surface area contributed by atoms with Crippen LogP contribution >= 0.6 is 0 Å². The summed E-state index contributed by atoms with van der Waals surface area (Å²) < 4.78 is 10.5. The number of hydrogen-bond acceptors (Lipinski definition) is 4. The first-order chi connectivity index (χ1) is 9.66. The summed E-state index contributed by atoms with van der Waals surface area (Å²) in [5, 5.41) is 8.87. The molecular formula is C14H17NO5. The number of benzene rings is 1. The number of hydrogen-bond donors (Lipinski definition) is 1. The van der Waals surface area contributed by atoms with Crippen molar-refractivity contribution < 1.29 is 24.2 Å². The monoisotopic (exact) mass is 279 g/mol. The average Bonchev–Trinajstić information content (AvgIpc) is 2.97. The number of amides is 1. The van der Waals surface area contributed by atoms with Gasteiger partial charge in [-0.15, -0.1) is 0 Å². The maximum Gasteiger partial charge on any atom is 0.412 e. The van der Waals surface area contributed by atoms with Crippen LogP contribution < -0.4 is 0 Å². The molecule has 1 amide bonds. The summed E-state index contributed by atoms with van der Waals surface area (Å²) in [7, 11) is 0. The summed E-state index contributed by atoms with van der Waals surface area (Å²) in [6.07, 6.45) is 0.276. The summed E-state index contributed by atoms with van der Waals surface area (Å²) in [5.41, 5.74) is 0.850. The van der Waals surface area contributed by atoms with E-state index in [0.717, 1.165) is 16.9 Å². The van der Waals surface area contributed by atoms with Crippen LogP contribution in [0.25, 0.3) is 0 Å². The number of aliphatic carboxylic acids is 1. The van der Waals surface area contributed by atoms with E-state index in [1.165, 1.54) is 0 Å². The zero-order chi connectivity index (χ0) is 14.4. The lowest BCUT2D eigenvalue weighted by atomic mass is 10.2. The number of nitrogens with zero attached hydrogens (tertiary/aromatic N) is 1. The number of carbonyl (C=O) groups excluding carboxylic acids is 1. The van der Waals surface area contributed by atoms with Crippen molar-refractivity contribution in [1.29, 1.82) is 0 Å². The van der Waals surface area contributed by atoms with Crippen molar-refractivity contribution in [3.05, 3.63) is 35.9 Å². The molecule has 1 heterocycles. The molecule has 1 aliphatic heterocycles. The fourth-order valence-electron chi connectivity index (χ4n) is 2.04. The molecule has 0 unspecified atom stereocenters. The standard InChI is InChI=1S/C14H17NO5/c16-13(17)9-15(12-7-4-8-19-12)14(18)20-10-11-5-2-1-3-6-11/h1-3,5-6,12H,4,7-10H2,(H,16,17)/t12-/m0/s1. The number of carboxylic acids is 1. The van der Waals surface area contributed by atoms with Gasteiger partial charge in [0.25, 0.3) is 0 Å². The second-order valence-electron chi connectivity index (χ2n) is 4.53. The first-order valence-corrected chi connectivity index (χ1v) is 6.47. The molecule has 20 heavy (non-hydrogen) atoms. The van der Waals surface area contributed by atoms with Crippen LogP contribution in [0.15, 0.2) is 30.3 Å². The Morgan fingerprint density at radius 3 is 2.70 bits per heavy atom. The van der Waals surface area contributed by atoms with Gasteiger partial charge in [0, 0.05) is 6.61 Å². The Bertz CT molecular complexity index is 456. The van der Waals surface area contributed by atoms with Crippen molar-refractivity contribution in [2.24, 2.45) is 0 Å². The van der Waals surface area contributed by atoms with Crippen molar-refractivity contribution in [1.82, 2.24) is 4.90 Å². The van der Waals surface area contributed by atoms with Crippen molar-refractivity contribution in [3.63, 3.8) is 0 Å². The molecule has 2 rings (SSSR count). The van der Waals surface area contributed by atoms with E-state index in [0.29, 0.717) is 13.0 Å². The van der Waals surface area contributed by atoms with Gasteiger partial charge >= 0.3 is 12.1 Å². The van der Waals surface area contributed by atoms with E-state index < -0.39 is 24.8 Å². The van der Waals surface area contributed by atoms with E-state index in [1.807, 2.05) is 30.3 Å². The van der Waals surface area contributed by atoms with Gasteiger partial charge in [0.2, 0.25) is 0 Å². The predicted molar refractivity (Wildman–Crippen MR) is 69.9 cm³/mol. The molecule has 1 saturated heterocycles. The zero-order valence-electron chi connectivity index (χ0n) is 11.0. The molecular weight excluding hydrogens is 262 g/mol. The van der Waals surface area contributed by atoms with Crippen LogP contribution in [0.4, 0.5) is 4.79 Å². The second kappa shape index (κ2) is 6.91. The summed E-state index contributed by atoms with van der Waals surface area (Å²) in [4.78, 5) is 24.0. The lowest BCUT2D eigenvalue weighted by molar-refractivity contribution is -0.140. The van der Waals surface area contributed by atoms with Crippen LogP contribution in [0, 0.1) is 0 Å². The van der Waals surface area contributed by atoms with Gasteiger partial charge in [-0.25, -0.2) is 4.79 Å². The third kappa shape index (κ3) is 3.96. The number of rotatable bonds is 5. The lowest BCUT2D eigenvalue weighted by Gasteiger charge is -2.25. The van der Waals surface area contributed by atoms with Crippen LogP contribution in [0.2, 0.25) is 0 Å². The minimum atomic E-state index is -1.09. The Labute approximate surface area is 116 Å². The Balaban J connectivity index is 1.93. The van der Waals surface area contributed by atoms with Gasteiger partial charge in [-0.3, -0.25) is 9.69 Å². The number of ether oxygens (including phenoxy) is 2. The molecule has 1 aliphatic rings. The normalized spacial score (nSPS) is 17.7. The molecule has 0 bridgehead atoms. The lowest BCUT2D eigenvalue weighted by Crippen LogP contribution is -2.43. The van der Waals surface area contributed by atoms with Crippen LogP contribution in [0.1, 0.15) is 18.4 Å². The third-order valence-electron chi connectivity index (χ3n) is 3.00. The maximum atomic E-state index is 12.0. The molecule has 1 atom stereocenters. The minimum Gasteiger partial charge on any atom is -0.480 e. The molecule has 1 N–H and O–H groups in total. The average molecular weight is 279 g/mol. The summed E-state index contributed by atoms with van der Waals surface area (Å²) in [5.74, 6) is -1.09. The SMILES string of the molecule is O=C(O)CN(C(=O)OCc1ccccc1)[C@@H]1CCCO1. The Morgan fingerprint density at radius 2 is 2.10 bits per heavy atom. The highest BCUT2D eigenvalue weighted by atomic mass is 16.6. The predicted octanol–water partition coefficient (Wildman–Crippen LogP) is 1.85. The minimum absolute atomic E-state index is 0.114. The van der Waals surface area contributed by atoms with Crippen LogP contribution in [-0.4, -0.2) is 41.4 Å². The van der Waals surface area contributed by atoms with E-state index in [4.69, 9.17) is 14.6 Å². The molecule has 0 saturated carbocycles. The van der Waals surface area contributed by atoms with Crippen molar-refractivity contribution >= 4 is 12.1 Å². The number of carboxylic acid groups (broad SMARTS) is 1. The largest absolute Gasteiger partial charge is 0.480 e. The zero-order valence-corrected chi connectivity index (χ0v) is 11.0. The molecule has 0 aliphatic carbocycles. The molecule has 108 valence electrons. The molecule has 0 spiro atoms. The molecule has 6 nitrogen and oxygen atoms in total. The second-order valence-corrected chi connectivity index (χ2v) is 4.53. The highest BCUT2D eigenvalue weighted by Crippen LogP contribution is 2.17. The van der Waals surface area contributed by atoms with Crippen molar-refractivity contribution in [3.8, 4) is 0 Å². The van der Waals surface area contributed by atoms with Gasteiger partial charge in [0.05, 0.1) is 0 Å². The van der Waals surface area contributed by atoms with Gasteiger partial charge in [0.15, 0.2) is 0 Å². The first-order valence-electron chi connectivity index (χ1n) is 6.47. The summed E-state index contributed by atoms with van der Waals surface area (Å²) in [6.45, 7) is 0.230. The molecule has 1 aromatic rings. The Kier molecular flexibility index (Phi) is 4.95. The van der Waals surface area contributed by atoms with Gasteiger partial charge in [-0.1, -0.05) is 30.3 Å². The van der Waals surface area contributed by atoms with E-state index in [1.54, 1.807) is 0 Å². The van der Waals surface area contributed by atoms with E-state index >= 15 is 0 Å². The first kappa shape index (κ1) is 14.3. The topological polar surface area (TPSA) is 76.1 Å². The van der Waals surface area contributed by atoms with E-state index in [-0.39, 0.29) is 6.61 Å². The summed E-state index contributed by atoms with van der Waals surface area (Å²) in [6, 6.07) is 9.23. The Hall–Kier alpha value is -2.08. The van der Waals surface area contributed by atoms with E-state index in [2.05, 4.69) is 0 Å². The Morgan fingerprint density at radius 1 is 1.35 bits per heavy atom. The summed E-state index contributed by atoms with van der Waals surface area (Å²) >= 11 is 0. The van der Waals surface area contributed by atoms with Gasteiger partial charge in [-0.05, 0) is 18.4 Å². The molecule has 1 aromatic carbocycles. The van der Waals surface area contributed by atoms with Gasteiger partial charge in [0.1, 0.15) is 19.4 Å². The van der Waals surface area contributed by atoms with Crippen molar-refractivity contribution in [2.45, 2.75) is 25.7 Å². The quantitative estimate of drug-likeness (QED) is 0.890. The number of carbonyl (C=O) groups is 2. The third-order valence-corrected chi connectivity index (χ3v) is 3.00. The fraction of sp³-hybridized carbons (Fsp3) is 0.429.